The van der Waals surface area contributed by atoms with E-state index in [0.29, 0.717) is 35.8 Å². The number of benzene rings is 3. The van der Waals surface area contributed by atoms with Crippen LogP contribution in [-0.2, 0) is 6.42 Å². The van der Waals surface area contributed by atoms with Crippen molar-refractivity contribution < 1.29 is 24.1 Å². The number of rotatable bonds is 11. The Labute approximate surface area is 211 Å². The van der Waals surface area contributed by atoms with E-state index in [1.165, 1.54) is 0 Å². The Balaban J connectivity index is 1.61. The standard InChI is InChI=1S/C29H32N2O5/c1-4-13-36-26-11-9-19(20-10-12-27(34-2)28(16-20)35-3)15-24(26)29(33)31-22(18-32)14-21-17-30-25-8-6-5-7-23(21)25/h5-12,15-17,22,30,32H,4,13-14,18H2,1-3H3,(H,31,33)/t22-/m1/s1. The van der Waals surface area contributed by atoms with Crippen LogP contribution in [0.2, 0.25) is 0 Å². The van der Waals surface area contributed by atoms with Crippen molar-refractivity contribution in [2.75, 3.05) is 27.4 Å². The molecule has 0 fully saturated rings. The number of amides is 1. The van der Waals surface area contributed by atoms with Crippen LogP contribution in [0.15, 0.2) is 66.9 Å². The second-order valence-corrected chi connectivity index (χ2v) is 8.55. The lowest BCUT2D eigenvalue weighted by molar-refractivity contribution is 0.0912. The Morgan fingerprint density at radius 1 is 0.972 bits per heavy atom. The van der Waals surface area contributed by atoms with Crippen LogP contribution in [0.4, 0.5) is 0 Å². The van der Waals surface area contributed by atoms with Crippen LogP contribution >= 0.6 is 0 Å². The summed E-state index contributed by atoms with van der Waals surface area (Å²) in [4.78, 5) is 16.7. The Morgan fingerprint density at radius 3 is 2.42 bits per heavy atom. The lowest BCUT2D eigenvalue weighted by atomic mass is 10.0. The second-order valence-electron chi connectivity index (χ2n) is 8.55. The summed E-state index contributed by atoms with van der Waals surface area (Å²) in [5, 5.41) is 14.1. The minimum absolute atomic E-state index is 0.189. The van der Waals surface area contributed by atoms with E-state index in [-0.39, 0.29) is 12.5 Å². The highest BCUT2D eigenvalue weighted by molar-refractivity contribution is 5.98. The van der Waals surface area contributed by atoms with Crippen LogP contribution in [0.5, 0.6) is 17.2 Å². The van der Waals surface area contributed by atoms with Crippen molar-refractivity contribution in [1.29, 1.82) is 0 Å². The summed E-state index contributed by atoms with van der Waals surface area (Å²) >= 11 is 0. The van der Waals surface area contributed by atoms with Gasteiger partial charge in [-0.1, -0.05) is 37.3 Å². The van der Waals surface area contributed by atoms with Gasteiger partial charge in [-0.25, -0.2) is 0 Å². The van der Waals surface area contributed by atoms with Crippen molar-refractivity contribution >= 4 is 16.8 Å². The van der Waals surface area contributed by atoms with Gasteiger partial charge in [-0.3, -0.25) is 4.79 Å². The zero-order chi connectivity index (χ0) is 25.5. The maximum Gasteiger partial charge on any atom is 0.255 e. The van der Waals surface area contributed by atoms with Gasteiger partial charge in [0.2, 0.25) is 0 Å². The van der Waals surface area contributed by atoms with Crippen molar-refractivity contribution in [2.24, 2.45) is 0 Å². The number of hydrogen-bond acceptors (Lipinski definition) is 5. The number of aromatic nitrogens is 1. The lowest BCUT2D eigenvalue weighted by Gasteiger charge is -2.18. The molecule has 0 spiro atoms. The quantitative estimate of drug-likeness (QED) is 0.277. The third-order valence-electron chi connectivity index (χ3n) is 6.10. The van der Waals surface area contributed by atoms with E-state index >= 15 is 0 Å². The van der Waals surface area contributed by atoms with Crippen LogP contribution in [0.3, 0.4) is 0 Å². The molecular formula is C29H32N2O5. The molecule has 0 bridgehead atoms. The first-order valence-corrected chi connectivity index (χ1v) is 12.0. The van der Waals surface area contributed by atoms with Gasteiger partial charge in [0.05, 0.1) is 39.0 Å². The molecule has 4 aromatic rings. The summed E-state index contributed by atoms with van der Waals surface area (Å²) in [6, 6.07) is 18.7. The van der Waals surface area contributed by atoms with Gasteiger partial charge >= 0.3 is 0 Å². The molecule has 0 aliphatic heterocycles. The molecule has 36 heavy (non-hydrogen) atoms. The molecular weight excluding hydrogens is 456 g/mol. The summed E-state index contributed by atoms with van der Waals surface area (Å²) in [5.74, 6) is 1.43. The molecule has 0 saturated heterocycles. The average Bonchev–Trinajstić information content (AvgIpc) is 3.33. The number of aliphatic hydroxyl groups is 1. The molecule has 0 unspecified atom stereocenters. The molecule has 0 aliphatic carbocycles. The molecule has 188 valence electrons. The predicted molar refractivity (Wildman–Crippen MR) is 141 cm³/mol. The van der Waals surface area contributed by atoms with Gasteiger partial charge in [-0.05, 0) is 59.9 Å². The topological polar surface area (TPSA) is 92.8 Å². The number of methoxy groups -OCH3 is 2. The molecule has 0 aliphatic rings. The molecule has 1 aromatic heterocycles. The summed E-state index contributed by atoms with van der Waals surface area (Å²) < 4.78 is 16.7. The number of nitrogens with one attached hydrogen (secondary N) is 2. The van der Waals surface area contributed by atoms with Gasteiger partial charge in [0.25, 0.3) is 5.91 Å². The highest BCUT2D eigenvalue weighted by Crippen LogP contribution is 2.34. The Morgan fingerprint density at radius 2 is 1.69 bits per heavy atom. The van der Waals surface area contributed by atoms with Crippen molar-refractivity contribution in [2.45, 2.75) is 25.8 Å². The predicted octanol–water partition coefficient (Wildman–Crippen LogP) is 4.97. The number of aromatic amines is 1. The molecule has 7 nitrogen and oxygen atoms in total. The molecule has 1 atom stereocenters. The summed E-state index contributed by atoms with van der Waals surface area (Å²) in [6.45, 7) is 2.32. The first-order valence-electron chi connectivity index (χ1n) is 12.0. The fourth-order valence-corrected chi connectivity index (χ4v) is 4.23. The third-order valence-corrected chi connectivity index (χ3v) is 6.10. The second kappa shape index (κ2) is 11.6. The zero-order valence-electron chi connectivity index (χ0n) is 20.8. The largest absolute Gasteiger partial charge is 0.493 e. The molecule has 4 rings (SSSR count). The Kier molecular flexibility index (Phi) is 8.13. The third kappa shape index (κ3) is 5.47. The minimum Gasteiger partial charge on any atom is -0.493 e. The fraction of sp³-hybridized carbons (Fsp3) is 0.276. The summed E-state index contributed by atoms with van der Waals surface area (Å²) in [5.41, 5.74) is 4.18. The van der Waals surface area contributed by atoms with Crippen LogP contribution in [0, 0.1) is 0 Å². The van der Waals surface area contributed by atoms with Crippen molar-refractivity contribution in [3.05, 3.63) is 78.0 Å². The normalized spacial score (nSPS) is 11.8. The van der Waals surface area contributed by atoms with Crippen molar-refractivity contribution in [1.82, 2.24) is 10.3 Å². The van der Waals surface area contributed by atoms with E-state index in [4.69, 9.17) is 14.2 Å². The number of hydrogen-bond donors (Lipinski definition) is 3. The fourth-order valence-electron chi connectivity index (χ4n) is 4.23. The van der Waals surface area contributed by atoms with E-state index < -0.39 is 6.04 Å². The molecule has 3 aromatic carbocycles. The summed E-state index contributed by atoms with van der Waals surface area (Å²) in [7, 11) is 3.18. The van der Waals surface area contributed by atoms with Crippen LogP contribution in [0.1, 0.15) is 29.3 Å². The highest BCUT2D eigenvalue weighted by Gasteiger charge is 2.20. The van der Waals surface area contributed by atoms with Crippen LogP contribution in [-0.4, -0.2) is 49.5 Å². The number of ether oxygens (including phenoxy) is 3. The number of carbonyl (C=O) groups excluding carboxylic acids is 1. The highest BCUT2D eigenvalue weighted by atomic mass is 16.5. The zero-order valence-corrected chi connectivity index (χ0v) is 20.8. The molecule has 7 heteroatoms. The number of H-pyrrole nitrogens is 1. The number of carbonyl (C=O) groups is 1. The van der Waals surface area contributed by atoms with Gasteiger partial charge in [0.1, 0.15) is 5.75 Å². The molecule has 1 amide bonds. The van der Waals surface area contributed by atoms with E-state index in [1.807, 2.05) is 73.8 Å². The van der Waals surface area contributed by atoms with E-state index in [0.717, 1.165) is 34.0 Å². The van der Waals surface area contributed by atoms with E-state index in [9.17, 15) is 9.90 Å². The first-order chi connectivity index (χ1) is 17.6. The number of para-hydroxylation sites is 1. The van der Waals surface area contributed by atoms with E-state index in [2.05, 4.69) is 10.3 Å². The molecule has 3 N–H and O–H groups in total. The first kappa shape index (κ1) is 25.1. The van der Waals surface area contributed by atoms with Crippen molar-refractivity contribution in [3.8, 4) is 28.4 Å². The maximum absolute atomic E-state index is 13.4. The van der Waals surface area contributed by atoms with Gasteiger partial charge in [0, 0.05) is 17.1 Å². The molecule has 1 heterocycles. The van der Waals surface area contributed by atoms with Gasteiger partial charge in [-0.2, -0.15) is 0 Å². The van der Waals surface area contributed by atoms with Crippen LogP contribution < -0.4 is 19.5 Å². The average molecular weight is 489 g/mol. The Bertz CT molecular complexity index is 1330. The van der Waals surface area contributed by atoms with E-state index in [1.54, 1.807) is 14.2 Å². The Hall–Kier alpha value is -3.97. The lowest BCUT2D eigenvalue weighted by Crippen LogP contribution is -2.39. The summed E-state index contributed by atoms with van der Waals surface area (Å²) in [6.07, 6.45) is 3.23. The molecule has 0 saturated carbocycles. The smallest absolute Gasteiger partial charge is 0.255 e. The number of aliphatic hydroxyl groups excluding tert-OH is 1. The number of fused-ring (bicyclic) bond motifs is 1. The maximum atomic E-state index is 13.4. The van der Waals surface area contributed by atoms with Crippen molar-refractivity contribution in [3.63, 3.8) is 0 Å². The minimum atomic E-state index is -0.458. The van der Waals surface area contributed by atoms with Gasteiger partial charge < -0.3 is 29.6 Å². The van der Waals surface area contributed by atoms with Crippen LogP contribution in [0.25, 0.3) is 22.0 Å². The SMILES string of the molecule is CCCOc1ccc(-c2ccc(OC)c(OC)c2)cc1C(=O)N[C@@H](CO)Cc1c[nH]c2ccccc12. The van der Waals surface area contributed by atoms with Gasteiger partial charge in [-0.15, -0.1) is 0 Å². The monoisotopic (exact) mass is 488 g/mol. The van der Waals surface area contributed by atoms with Gasteiger partial charge in [0.15, 0.2) is 11.5 Å². The molecule has 0 radical (unpaired) electrons.